The van der Waals surface area contributed by atoms with Crippen LogP contribution in [0, 0.1) is 23.7 Å². The molecule has 0 bridgehead atoms. The molecule has 0 radical (unpaired) electrons. The lowest BCUT2D eigenvalue weighted by molar-refractivity contribution is 0.0649. The lowest BCUT2D eigenvalue weighted by atomic mass is 9.70. The second kappa shape index (κ2) is 23.0. The molecule has 0 unspecified atom stereocenters. The van der Waals surface area contributed by atoms with Crippen LogP contribution in [0.15, 0.2) is 182 Å². The topological polar surface area (TPSA) is 86.7 Å². The van der Waals surface area contributed by atoms with Crippen LogP contribution in [0.3, 0.4) is 0 Å². The van der Waals surface area contributed by atoms with Crippen molar-refractivity contribution >= 4 is 20.2 Å². The van der Waals surface area contributed by atoms with Gasteiger partial charge in [0.1, 0.15) is 0 Å². The molecule has 0 spiro atoms. The van der Waals surface area contributed by atoms with Gasteiger partial charge in [-0.05, 0) is 115 Å². The molecule has 0 amide bonds. The lowest BCUT2D eigenvalue weighted by Crippen LogP contribution is -2.34. The summed E-state index contributed by atoms with van der Waals surface area (Å²) >= 11 is 0. The molecule has 6 nitrogen and oxygen atoms in total. The van der Waals surface area contributed by atoms with Crippen LogP contribution in [-0.2, 0) is 28.6 Å². The van der Waals surface area contributed by atoms with Crippen LogP contribution < -0.4 is 0 Å². The van der Waals surface area contributed by atoms with E-state index in [2.05, 4.69) is 165 Å². The summed E-state index contributed by atoms with van der Waals surface area (Å²) in [6, 6.07) is 64.0. The zero-order valence-corrected chi connectivity index (χ0v) is 39.8. The van der Waals surface area contributed by atoms with E-state index in [1.165, 1.54) is 52.6 Å². The Kier molecular flexibility index (Phi) is 17.0. The Labute approximate surface area is 389 Å². The van der Waals surface area contributed by atoms with Gasteiger partial charge in [0.25, 0.3) is 20.2 Å². The molecule has 0 N–H and O–H groups in total. The molecule has 3 aliphatic rings. The third-order valence-corrected chi connectivity index (χ3v) is 14.6. The van der Waals surface area contributed by atoms with Gasteiger partial charge in [0.15, 0.2) is 0 Å². The largest absolute Gasteiger partial charge is 0.267 e. The molecule has 65 heavy (non-hydrogen) atoms. The third kappa shape index (κ3) is 15.1. The van der Waals surface area contributed by atoms with Crippen molar-refractivity contribution in [1.82, 2.24) is 0 Å². The molecule has 0 atom stereocenters. The Hall–Kier alpha value is -4.86. The minimum Gasteiger partial charge on any atom is -0.267 e. The Morgan fingerprint density at radius 3 is 0.754 bits per heavy atom. The average Bonchev–Trinajstić information content (AvgIpc) is 3.28. The van der Waals surface area contributed by atoms with Gasteiger partial charge in [0.05, 0.1) is 24.7 Å². The first-order valence-electron chi connectivity index (χ1n) is 23.4. The van der Waals surface area contributed by atoms with Crippen LogP contribution in [0.2, 0.25) is 0 Å². The normalized spacial score (nSPS) is 21.4. The van der Waals surface area contributed by atoms with E-state index in [9.17, 15) is 16.8 Å². The smallest absolute Gasteiger partial charge is 0.264 e. The van der Waals surface area contributed by atoms with Crippen LogP contribution in [0.4, 0.5) is 0 Å². The lowest BCUT2D eigenvalue weighted by Gasteiger charge is -2.36. The second-order valence-electron chi connectivity index (χ2n) is 18.8. The predicted molar refractivity (Wildman–Crippen MR) is 265 cm³/mol. The molecule has 6 aromatic carbocycles. The quantitative estimate of drug-likeness (QED) is 0.0899. The molecule has 342 valence electrons. The van der Waals surface area contributed by atoms with Crippen molar-refractivity contribution in [3.8, 4) is 0 Å². The molecular formula is C57H66O6S2. The molecule has 8 heteroatoms. The Bertz CT molecular complexity index is 2260. The number of benzene rings is 6. The summed E-state index contributed by atoms with van der Waals surface area (Å²) in [4.78, 5) is 0. The fraction of sp³-hybridized carbons (Fsp3) is 0.368. The average molecular weight is 911 g/mol. The standard InChI is InChI=1S/2C19H22O3S.C19H22/c2*1-23(20,21)22-18-12-15(13-18)14-19(16-8-4-2-5-9-16)17-10-6-3-7-11-17;1-15-12-16(13-15)14-19(17-8-4-2-5-9-17)18-10-6-3-7-11-18/h2*2-11,15,18-19H,12-14H2,1H3;2-11,15-16,19H,12-14H2,1H3. The van der Waals surface area contributed by atoms with Crippen molar-refractivity contribution in [2.45, 2.75) is 94.7 Å². The molecule has 0 aliphatic heterocycles. The van der Waals surface area contributed by atoms with E-state index in [0.29, 0.717) is 29.6 Å². The fourth-order valence-electron chi connectivity index (χ4n) is 10.2. The highest BCUT2D eigenvalue weighted by atomic mass is 32.2. The molecular weight excluding hydrogens is 845 g/mol. The van der Waals surface area contributed by atoms with E-state index < -0.39 is 20.2 Å². The van der Waals surface area contributed by atoms with E-state index in [4.69, 9.17) is 8.37 Å². The minimum absolute atomic E-state index is 0.137. The summed E-state index contributed by atoms with van der Waals surface area (Å²) < 4.78 is 54.9. The molecule has 9 rings (SSSR count). The fourth-order valence-corrected chi connectivity index (χ4v) is 11.5. The zero-order chi connectivity index (χ0) is 45.7. The molecule has 3 aliphatic carbocycles. The van der Waals surface area contributed by atoms with Gasteiger partial charge in [0, 0.05) is 17.8 Å². The first-order valence-corrected chi connectivity index (χ1v) is 27.0. The van der Waals surface area contributed by atoms with Gasteiger partial charge in [-0.25, -0.2) is 0 Å². The molecule has 0 aromatic heterocycles. The molecule has 3 fully saturated rings. The molecule has 0 saturated heterocycles. The maximum atomic E-state index is 11.2. The van der Waals surface area contributed by atoms with Crippen molar-refractivity contribution in [2.24, 2.45) is 23.7 Å². The predicted octanol–water partition coefficient (Wildman–Crippen LogP) is 13.2. The van der Waals surface area contributed by atoms with Crippen LogP contribution in [-0.4, -0.2) is 41.6 Å². The van der Waals surface area contributed by atoms with Gasteiger partial charge >= 0.3 is 0 Å². The van der Waals surface area contributed by atoms with Crippen LogP contribution >= 0.6 is 0 Å². The summed E-state index contributed by atoms with van der Waals surface area (Å²) in [6.45, 7) is 2.37. The summed E-state index contributed by atoms with van der Waals surface area (Å²) in [5, 5.41) is 0. The van der Waals surface area contributed by atoms with E-state index in [1.807, 2.05) is 24.3 Å². The van der Waals surface area contributed by atoms with E-state index in [0.717, 1.165) is 62.9 Å². The number of hydrogen-bond acceptors (Lipinski definition) is 6. The monoisotopic (exact) mass is 910 g/mol. The van der Waals surface area contributed by atoms with E-state index >= 15 is 0 Å². The van der Waals surface area contributed by atoms with Gasteiger partial charge in [-0.3, -0.25) is 8.37 Å². The van der Waals surface area contributed by atoms with Gasteiger partial charge in [-0.2, -0.15) is 16.8 Å². The van der Waals surface area contributed by atoms with Gasteiger partial charge < -0.3 is 0 Å². The second-order valence-corrected chi connectivity index (χ2v) is 22.0. The highest BCUT2D eigenvalue weighted by Gasteiger charge is 2.36. The Morgan fingerprint density at radius 1 is 0.369 bits per heavy atom. The summed E-state index contributed by atoms with van der Waals surface area (Å²) in [7, 11) is -6.68. The van der Waals surface area contributed by atoms with Crippen molar-refractivity contribution < 1.29 is 25.2 Å². The van der Waals surface area contributed by atoms with Crippen LogP contribution in [0.5, 0.6) is 0 Å². The maximum absolute atomic E-state index is 11.2. The number of hydrogen-bond donors (Lipinski definition) is 0. The van der Waals surface area contributed by atoms with E-state index in [-0.39, 0.29) is 12.2 Å². The highest BCUT2D eigenvalue weighted by molar-refractivity contribution is 7.86. The summed E-state index contributed by atoms with van der Waals surface area (Å²) in [5.74, 6) is 4.14. The Morgan fingerprint density at radius 2 is 0.569 bits per heavy atom. The highest BCUT2D eigenvalue weighted by Crippen LogP contribution is 2.44. The van der Waals surface area contributed by atoms with Crippen LogP contribution in [0.1, 0.15) is 116 Å². The molecule has 0 heterocycles. The van der Waals surface area contributed by atoms with Crippen molar-refractivity contribution in [3.05, 3.63) is 215 Å². The van der Waals surface area contributed by atoms with Gasteiger partial charge in [0.2, 0.25) is 0 Å². The Balaban J connectivity index is 0.000000146. The van der Waals surface area contributed by atoms with Crippen LogP contribution in [0.25, 0.3) is 0 Å². The van der Waals surface area contributed by atoms with Crippen molar-refractivity contribution in [2.75, 3.05) is 12.5 Å². The van der Waals surface area contributed by atoms with Crippen molar-refractivity contribution in [3.63, 3.8) is 0 Å². The third-order valence-electron chi connectivity index (χ3n) is 13.4. The first kappa shape index (κ1) is 48.1. The molecule has 6 aromatic rings. The van der Waals surface area contributed by atoms with Gasteiger partial charge in [-0.15, -0.1) is 0 Å². The number of rotatable bonds is 16. The van der Waals surface area contributed by atoms with E-state index in [1.54, 1.807) is 0 Å². The first-order chi connectivity index (χ1) is 31.3. The summed E-state index contributed by atoms with van der Waals surface area (Å²) in [6.07, 6.45) is 11.4. The SMILES string of the molecule is CC1CC(CC(c2ccccc2)c2ccccc2)C1.CS(=O)(=O)OC1CC(CC(c2ccccc2)c2ccccc2)C1.CS(=O)(=O)OC1CC(CC(c2ccccc2)c2ccccc2)C1. The maximum Gasteiger partial charge on any atom is 0.264 e. The summed E-state index contributed by atoms with van der Waals surface area (Å²) in [5.41, 5.74) is 8.18. The zero-order valence-electron chi connectivity index (χ0n) is 38.1. The van der Waals surface area contributed by atoms with Crippen molar-refractivity contribution in [1.29, 1.82) is 0 Å². The minimum atomic E-state index is -3.34. The van der Waals surface area contributed by atoms with Gasteiger partial charge in [-0.1, -0.05) is 189 Å². The molecule has 3 saturated carbocycles.